The fourth-order valence-corrected chi connectivity index (χ4v) is 5.83. The fraction of sp³-hybridized carbons (Fsp3) is 0.700. The molecule has 0 bridgehead atoms. The lowest BCUT2D eigenvalue weighted by Gasteiger charge is -2.34. The maximum absolute atomic E-state index is 6.07. The molecule has 0 unspecified atom stereocenters. The lowest BCUT2D eigenvalue weighted by molar-refractivity contribution is -0.898. The van der Waals surface area contributed by atoms with E-state index in [1.807, 2.05) is 11.3 Å². The third kappa shape index (κ3) is 3.97. The van der Waals surface area contributed by atoms with Crippen molar-refractivity contribution in [1.82, 2.24) is 9.97 Å². The molecule has 1 N–H and O–H groups in total. The van der Waals surface area contributed by atoms with Crippen LogP contribution in [0.2, 0.25) is 0 Å². The van der Waals surface area contributed by atoms with Gasteiger partial charge in [-0.3, -0.25) is 0 Å². The van der Waals surface area contributed by atoms with E-state index in [2.05, 4.69) is 32.6 Å². The number of piperazine rings is 1. The van der Waals surface area contributed by atoms with Gasteiger partial charge in [-0.15, -0.1) is 11.3 Å². The number of nitrogens with zero attached hydrogens (tertiary/aromatic N) is 3. The smallest absolute Gasteiger partial charge is 0.190 e. The summed E-state index contributed by atoms with van der Waals surface area (Å²) in [6.07, 6.45) is 2.09. The Hall–Kier alpha value is -0.890. The van der Waals surface area contributed by atoms with Crippen molar-refractivity contribution in [3.63, 3.8) is 0 Å². The van der Waals surface area contributed by atoms with Gasteiger partial charge in [0.2, 0.25) is 0 Å². The molecule has 2 aliphatic rings. The zero-order chi connectivity index (χ0) is 19.0. The molecule has 5 nitrogen and oxygen atoms in total. The summed E-state index contributed by atoms with van der Waals surface area (Å²) in [5.41, 5.74) is 1.32. The van der Waals surface area contributed by atoms with Crippen LogP contribution >= 0.6 is 23.1 Å². The summed E-state index contributed by atoms with van der Waals surface area (Å²) in [7, 11) is 0. The molecule has 0 saturated carbocycles. The van der Waals surface area contributed by atoms with Crippen LogP contribution in [0.25, 0.3) is 10.2 Å². The van der Waals surface area contributed by atoms with Gasteiger partial charge in [-0.2, -0.15) is 0 Å². The number of hydrogen-bond acceptors (Lipinski definition) is 6. The van der Waals surface area contributed by atoms with Gasteiger partial charge in [0, 0.05) is 17.1 Å². The lowest BCUT2D eigenvalue weighted by atomic mass is 9.94. The van der Waals surface area contributed by atoms with Gasteiger partial charge in [0.15, 0.2) is 5.16 Å². The number of rotatable bonds is 5. The quantitative estimate of drug-likeness (QED) is 0.610. The second-order valence-corrected chi connectivity index (χ2v) is 10.3. The SMILES string of the molecule is CCCSc1nc(N2CC[NH+](CC)CC2)c2c3c(sc2n1)COC(C)(C)C3. The Bertz CT molecular complexity index is 812. The van der Waals surface area contributed by atoms with Crippen molar-refractivity contribution in [3.8, 4) is 0 Å². The van der Waals surface area contributed by atoms with E-state index in [0.717, 1.165) is 41.7 Å². The van der Waals surface area contributed by atoms with Gasteiger partial charge in [0.1, 0.15) is 10.6 Å². The molecule has 0 aromatic carbocycles. The Balaban J connectivity index is 1.77. The molecule has 2 aliphatic heterocycles. The van der Waals surface area contributed by atoms with Gasteiger partial charge in [-0.25, -0.2) is 9.97 Å². The average molecular weight is 408 g/mol. The van der Waals surface area contributed by atoms with Crippen LogP contribution in [0.4, 0.5) is 5.82 Å². The number of quaternary nitrogens is 1. The summed E-state index contributed by atoms with van der Waals surface area (Å²) >= 11 is 3.60. The Morgan fingerprint density at radius 3 is 2.70 bits per heavy atom. The molecule has 0 atom stereocenters. The normalized spacial score (nSPS) is 20.2. The zero-order valence-electron chi connectivity index (χ0n) is 16.9. The van der Waals surface area contributed by atoms with Crippen molar-refractivity contribution < 1.29 is 9.64 Å². The zero-order valence-corrected chi connectivity index (χ0v) is 18.6. The predicted octanol–water partition coefficient (Wildman–Crippen LogP) is 2.77. The van der Waals surface area contributed by atoms with E-state index in [4.69, 9.17) is 14.7 Å². The largest absolute Gasteiger partial charge is 0.370 e. The number of aromatic nitrogens is 2. The Labute approximate surface area is 170 Å². The monoisotopic (exact) mass is 407 g/mol. The van der Waals surface area contributed by atoms with Gasteiger partial charge < -0.3 is 14.5 Å². The molecule has 1 saturated heterocycles. The van der Waals surface area contributed by atoms with Crippen molar-refractivity contribution in [1.29, 1.82) is 0 Å². The van der Waals surface area contributed by atoms with Crippen LogP contribution in [0, 0.1) is 0 Å². The Kier molecular flexibility index (Phi) is 5.65. The fourth-order valence-electron chi connectivity index (χ4n) is 3.98. The van der Waals surface area contributed by atoms with E-state index >= 15 is 0 Å². The third-order valence-electron chi connectivity index (χ3n) is 5.60. The highest BCUT2D eigenvalue weighted by atomic mass is 32.2. The number of nitrogens with one attached hydrogen (secondary N) is 1. The number of thiophene rings is 1. The summed E-state index contributed by atoms with van der Waals surface area (Å²) in [5.74, 6) is 2.24. The van der Waals surface area contributed by atoms with Gasteiger partial charge >= 0.3 is 0 Å². The predicted molar refractivity (Wildman–Crippen MR) is 114 cm³/mol. The molecule has 7 heteroatoms. The number of thioether (sulfide) groups is 1. The van der Waals surface area contributed by atoms with Crippen molar-refractivity contribution >= 4 is 39.1 Å². The van der Waals surface area contributed by atoms with Crippen LogP contribution in [-0.4, -0.2) is 54.0 Å². The molecule has 0 radical (unpaired) electrons. The first-order valence-corrected chi connectivity index (χ1v) is 12.0. The first-order chi connectivity index (χ1) is 13.0. The molecule has 4 rings (SSSR count). The number of likely N-dealkylation sites (N-methyl/N-ethyl adjacent to an activating group) is 1. The summed E-state index contributed by atoms with van der Waals surface area (Å²) in [6.45, 7) is 15.3. The molecule has 27 heavy (non-hydrogen) atoms. The molecule has 2 aromatic rings. The topological polar surface area (TPSA) is 42.7 Å². The molecule has 4 heterocycles. The van der Waals surface area contributed by atoms with Gasteiger partial charge in [0.05, 0.1) is 50.3 Å². The molecule has 2 aromatic heterocycles. The number of hydrogen-bond donors (Lipinski definition) is 1. The van der Waals surface area contributed by atoms with E-state index in [1.165, 1.54) is 41.3 Å². The second-order valence-electron chi connectivity index (χ2n) is 8.18. The minimum absolute atomic E-state index is 0.112. The van der Waals surface area contributed by atoms with Gasteiger partial charge in [0.25, 0.3) is 0 Å². The highest BCUT2D eigenvalue weighted by Gasteiger charge is 2.32. The molecule has 0 spiro atoms. The summed E-state index contributed by atoms with van der Waals surface area (Å²) < 4.78 is 6.07. The second kappa shape index (κ2) is 7.85. The standard InChI is InChI=1S/C20H30N4OS2/c1-5-11-26-19-21-17(24-9-7-23(6-2)8-10-24)16-14-12-20(3,4)25-13-15(14)27-18(16)22-19/h5-13H2,1-4H3/p+1. The Morgan fingerprint density at radius 2 is 2.00 bits per heavy atom. The van der Waals surface area contributed by atoms with E-state index < -0.39 is 0 Å². The summed E-state index contributed by atoms with van der Waals surface area (Å²) in [4.78, 5) is 16.7. The van der Waals surface area contributed by atoms with Gasteiger partial charge in [-0.1, -0.05) is 18.7 Å². The van der Waals surface area contributed by atoms with Crippen LogP contribution in [0.1, 0.15) is 44.6 Å². The number of fused-ring (bicyclic) bond motifs is 3. The van der Waals surface area contributed by atoms with Crippen molar-refractivity contribution in [3.05, 3.63) is 10.4 Å². The number of ether oxygens (including phenoxy) is 1. The van der Waals surface area contributed by atoms with Crippen molar-refractivity contribution in [2.45, 2.75) is 57.9 Å². The Morgan fingerprint density at radius 1 is 1.22 bits per heavy atom. The van der Waals surface area contributed by atoms with Crippen molar-refractivity contribution in [2.75, 3.05) is 43.4 Å². The minimum atomic E-state index is -0.112. The van der Waals surface area contributed by atoms with Crippen LogP contribution in [0.5, 0.6) is 0 Å². The highest BCUT2D eigenvalue weighted by molar-refractivity contribution is 7.99. The van der Waals surface area contributed by atoms with Crippen LogP contribution < -0.4 is 9.80 Å². The minimum Gasteiger partial charge on any atom is -0.370 e. The number of anilines is 1. The third-order valence-corrected chi connectivity index (χ3v) is 7.75. The summed E-state index contributed by atoms with van der Waals surface area (Å²) in [6, 6.07) is 0. The molecular formula is C20H31N4OS2+. The molecule has 0 aliphatic carbocycles. The molecular weight excluding hydrogens is 376 g/mol. The van der Waals surface area contributed by atoms with E-state index in [1.54, 1.807) is 16.7 Å². The molecule has 0 amide bonds. The van der Waals surface area contributed by atoms with E-state index in [0.29, 0.717) is 6.61 Å². The first-order valence-electron chi connectivity index (χ1n) is 10.2. The lowest BCUT2D eigenvalue weighted by Crippen LogP contribution is -3.14. The van der Waals surface area contributed by atoms with Gasteiger partial charge in [-0.05, 0) is 32.8 Å². The van der Waals surface area contributed by atoms with Crippen LogP contribution in [0.15, 0.2) is 5.16 Å². The maximum Gasteiger partial charge on any atom is 0.190 e. The average Bonchev–Trinajstić information content (AvgIpc) is 3.02. The molecule has 1 fully saturated rings. The van der Waals surface area contributed by atoms with Crippen LogP contribution in [-0.2, 0) is 17.8 Å². The van der Waals surface area contributed by atoms with E-state index in [-0.39, 0.29) is 5.60 Å². The molecule has 148 valence electrons. The van der Waals surface area contributed by atoms with Crippen molar-refractivity contribution in [2.24, 2.45) is 0 Å². The van der Waals surface area contributed by atoms with Crippen LogP contribution in [0.3, 0.4) is 0 Å². The summed E-state index contributed by atoms with van der Waals surface area (Å²) in [5, 5.41) is 2.23. The maximum atomic E-state index is 6.07. The highest BCUT2D eigenvalue weighted by Crippen LogP contribution is 2.42. The van der Waals surface area contributed by atoms with E-state index in [9.17, 15) is 0 Å². The first kappa shape index (κ1) is 19.4.